The molecule has 0 aliphatic heterocycles. The van der Waals surface area contributed by atoms with Crippen molar-refractivity contribution < 1.29 is 8.42 Å². The summed E-state index contributed by atoms with van der Waals surface area (Å²) in [6, 6.07) is 3.28. The quantitative estimate of drug-likeness (QED) is 0.725. The van der Waals surface area contributed by atoms with Gasteiger partial charge in [-0.3, -0.25) is 0 Å². The topological polar surface area (TPSA) is 34.1 Å². The van der Waals surface area contributed by atoms with Gasteiger partial charge in [0.05, 0.1) is 4.90 Å². The van der Waals surface area contributed by atoms with Gasteiger partial charge >= 0.3 is 0 Å². The maximum Gasteiger partial charge on any atom is 0.175 e. The molecule has 0 saturated carbocycles. The van der Waals surface area contributed by atoms with Crippen LogP contribution < -0.4 is 0 Å². The number of hydrogen-bond acceptors (Lipinski definition) is 2. The van der Waals surface area contributed by atoms with Crippen molar-refractivity contribution in [2.24, 2.45) is 0 Å². The Labute approximate surface area is 83.5 Å². The summed E-state index contributed by atoms with van der Waals surface area (Å²) in [7, 11) is -3.16. The lowest BCUT2D eigenvalue weighted by atomic mass is 10.2. The summed E-state index contributed by atoms with van der Waals surface area (Å²) >= 11 is 5.83. The van der Waals surface area contributed by atoms with Gasteiger partial charge in [-0.1, -0.05) is 17.7 Å². The molecule has 0 aliphatic rings. The zero-order valence-electron chi connectivity index (χ0n) is 7.76. The molecule has 1 aromatic rings. The molecule has 0 fully saturated rings. The predicted octanol–water partition coefficient (Wildman–Crippen LogP) is 2.36. The number of benzene rings is 1. The summed E-state index contributed by atoms with van der Waals surface area (Å²) in [5.74, 6) is 0. The minimum Gasteiger partial charge on any atom is -0.224 e. The molecule has 0 heterocycles. The molecule has 0 atom stereocenters. The minimum atomic E-state index is -3.16. The lowest BCUT2D eigenvalue weighted by Gasteiger charge is -2.06. The van der Waals surface area contributed by atoms with Crippen molar-refractivity contribution in [2.45, 2.75) is 18.7 Å². The Hall–Kier alpha value is -0.540. The number of rotatable bonds is 1. The number of hydrogen-bond donors (Lipinski definition) is 0. The molecule has 0 bridgehead atoms. The molecule has 1 rings (SSSR count). The molecule has 0 unspecified atom stereocenters. The maximum atomic E-state index is 11.3. The molecular weight excluding hydrogens is 208 g/mol. The van der Waals surface area contributed by atoms with Gasteiger partial charge in [0.1, 0.15) is 0 Å². The molecular formula is C9H11ClO2S. The van der Waals surface area contributed by atoms with Gasteiger partial charge in [0.15, 0.2) is 9.84 Å². The number of sulfone groups is 1. The molecule has 0 saturated heterocycles. The van der Waals surface area contributed by atoms with E-state index in [-0.39, 0.29) is 0 Å². The summed E-state index contributed by atoms with van der Waals surface area (Å²) in [5, 5.41) is 0.492. The van der Waals surface area contributed by atoms with E-state index < -0.39 is 9.84 Å². The van der Waals surface area contributed by atoms with Gasteiger partial charge in [-0.2, -0.15) is 0 Å². The third-order valence-corrected chi connectivity index (χ3v) is 3.50. The second-order valence-electron chi connectivity index (χ2n) is 3.14. The van der Waals surface area contributed by atoms with Gasteiger partial charge in [0, 0.05) is 11.3 Å². The van der Waals surface area contributed by atoms with Crippen molar-refractivity contribution in [3.63, 3.8) is 0 Å². The summed E-state index contributed by atoms with van der Waals surface area (Å²) in [5.41, 5.74) is 1.64. The number of halogens is 1. The smallest absolute Gasteiger partial charge is 0.175 e. The highest BCUT2D eigenvalue weighted by atomic mass is 35.5. The summed E-state index contributed by atoms with van der Waals surface area (Å²) in [6.45, 7) is 3.61. The van der Waals surface area contributed by atoms with Gasteiger partial charge in [-0.25, -0.2) is 8.42 Å². The number of aryl methyl sites for hydroxylation is 2. The van der Waals surface area contributed by atoms with Crippen molar-refractivity contribution >= 4 is 21.4 Å². The van der Waals surface area contributed by atoms with Crippen LogP contribution in [0.3, 0.4) is 0 Å². The molecule has 0 spiro atoms. The van der Waals surface area contributed by atoms with E-state index in [9.17, 15) is 8.42 Å². The molecule has 4 heteroatoms. The van der Waals surface area contributed by atoms with Crippen molar-refractivity contribution in [2.75, 3.05) is 6.26 Å². The highest BCUT2D eigenvalue weighted by Gasteiger charge is 2.12. The Kier molecular flexibility index (Phi) is 2.68. The van der Waals surface area contributed by atoms with Crippen LogP contribution in [0.4, 0.5) is 0 Å². The molecule has 0 N–H and O–H groups in total. The third-order valence-electron chi connectivity index (χ3n) is 1.86. The normalized spacial score (nSPS) is 11.7. The highest BCUT2D eigenvalue weighted by Crippen LogP contribution is 2.23. The molecule has 72 valence electrons. The zero-order chi connectivity index (χ0) is 10.2. The third kappa shape index (κ3) is 2.23. The largest absolute Gasteiger partial charge is 0.224 e. The molecule has 0 aliphatic carbocycles. The Bertz CT molecular complexity index is 435. The second kappa shape index (κ2) is 3.31. The van der Waals surface area contributed by atoms with E-state index in [1.807, 2.05) is 6.92 Å². The fourth-order valence-corrected chi connectivity index (χ4v) is 2.41. The fourth-order valence-electron chi connectivity index (χ4n) is 1.21. The first-order valence-electron chi connectivity index (χ1n) is 3.79. The lowest BCUT2D eigenvalue weighted by Crippen LogP contribution is -2.00. The van der Waals surface area contributed by atoms with Crippen molar-refractivity contribution in [3.05, 3.63) is 28.3 Å². The first-order valence-corrected chi connectivity index (χ1v) is 6.06. The van der Waals surface area contributed by atoms with E-state index in [2.05, 4.69) is 0 Å². The van der Waals surface area contributed by atoms with Crippen LogP contribution in [0.25, 0.3) is 0 Å². The van der Waals surface area contributed by atoms with Gasteiger partial charge in [0.2, 0.25) is 0 Å². The van der Waals surface area contributed by atoms with Gasteiger partial charge < -0.3 is 0 Å². The summed E-state index contributed by atoms with van der Waals surface area (Å²) in [6.07, 6.45) is 1.18. The summed E-state index contributed by atoms with van der Waals surface area (Å²) < 4.78 is 22.5. The van der Waals surface area contributed by atoms with E-state index in [0.29, 0.717) is 9.92 Å². The fraction of sp³-hybridized carbons (Fsp3) is 0.333. The van der Waals surface area contributed by atoms with E-state index in [1.54, 1.807) is 13.0 Å². The first-order chi connectivity index (χ1) is 5.82. The molecule has 0 amide bonds. The van der Waals surface area contributed by atoms with E-state index >= 15 is 0 Å². The van der Waals surface area contributed by atoms with Crippen LogP contribution in [-0.4, -0.2) is 14.7 Å². The Morgan fingerprint density at radius 2 is 1.69 bits per heavy atom. The van der Waals surface area contributed by atoms with Crippen LogP contribution in [0.1, 0.15) is 11.1 Å². The van der Waals surface area contributed by atoms with Gasteiger partial charge in [-0.05, 0) is 31.0 Å². The zero-order valence-corrected chi connectivity index (χ0v) is 9.33. The van der Waals surface area contributed by atoms with Gasteiger partial charge in [-0.15, -0.1) is 0 Å². The Morgan fingerprint density at radius 1 is 1.15 bits per heavy atom. The second-order valence-corrected chi connectivity index (χ2v) is 5.53. The average Bonchev–Trinajstić information content (AvgIpc) is 1.94. The highest BCUT2D eigenvalue weighted by molar-refractivity contribution is 7.90. The standard InChI is InChI=1S/C9H11ClO2S/c1-6-4-7(2)9(5-8(6)10)13(3,11)12/h4-5H,1-3H3. The van der Waals surface area contributed by atoms with Crippen LogP contribution in [0.15, 0.2) is 17.0 Å². The van der Waals surface area contributed by atoms with E-state index in [4.69, 9.17) is 11.6 Å². The van der Waals surface area contributed by atoms with Crippen LogP contribution in [0.2, 0.25) is 5.02 Å². The van der Waals surface area contributed by atoms with E-state index in [1.165, 1.54) is 12.3 Å². The van der Waals surface area contributed by atoms with E-state index in [0.717, 1.165) is 11.1 Å². The predicted molar refractivity (Wildman–Crippen MR) is 54.0 cm³/mol. The molecule has 13 heavy (non-hydrogen) atoms. The minimum absolute atomic E-state index is 0.308. The van der Waals surface area contributed by atoms with Crippen LogP contribution in [-0.2, 0) is 9.84 Å². The van der Waals surface area contributed by atoms with Crippen molar-refractivity contribution in [1.29, 1.82) is 0 Å². The Morgan fingerprint density at radius 3 is 2.15 bits per heavy atom. The molecule has 0 radical (unpaired) electrons. The molecule has 1 aromatic carbocycles. The SMILES string of the molecule is Cc1cc(C)c(S(C)(=O)=O)cc1Cl. The van der Waals surface area contributed by atoms with Crippen LogP contribution >= 0.6 is 11.6 Å². The monoisotopic (exact) mass is 218 g/mol. The Balaban J connectivity index is 3.50. The van der Waals surface area contributed by atoms with Crippen molar-refractivity contribution in [1.82, 2.24) is 0 Å². The molecule has 0 aromatic heterocycles. The summed E-state index contributed by atoms with van der Waals surface area (Å²) in [4.78, 5) is 0.308. The van der Waals surface area contributed by atoms with Crippen LogP contribution in [0, 0.1) is 13.8 Å². The molecule has 2 nitrogen and oxygen atoms in total. The van der Waals surface area contributed by atoms with Gasteiger partial charge in [0.25, 0.3) is 0 Å². The first kappa shape index (κ1) is 10.5. The maximum absolute atomic E-state index is 11.3. The van der Waals surface area contributed by atoms with Crippen LogP contribution in [0.5, 0.6) is 0 Å². The van der Waals surface area contributed by atoms with Crippen molar-refractivity contribution in [3.8, 4) is 0 Å². The lowest BCUT2D eigenvalue weighted by molar-refractivity contribution is 0.601. The average molecular weight is 219 g/mol.